The van der Waals surface area contributed by atoms with Crippen molar-refractivity contribution in [3.63, 3.8) is 0 Å². The second kappa shape index (κ2) is 11.5. The predicted octanol–water partition coefficient (Wildman–Crippen LogP) is 5.42. The number of hydrogen-bond acceptors (Lipinski definition) is 6. The first kappa shape index (κ1) is 26.9. The third-order valence-electron chi connectivity index (χ3n) is 6.26. The van der Waals surface area contributed by atoms with E-state index in [0.717, 1.165) is 11.4 Å². The summed E-state index contributed by atoms with van der Waals surface area (Å²) in [5.74, 6) is -0.885. The third-order valence-corrected chi connectivity index (χ3v) is 6.26. The Kier molecular flexibility index (Phi) is 8.14. The molecule has 0 aliphatic carbocycles. The smallest absolute Gasteiger partial charge is 0.410 e. The van der Waals surface area contributed by atoms with Gasteiger partial charge in [0.25, 0.3) is 5.91 Å². The van der Waals surface area contributed by atoms with Gasteiger partial charge in [0.1, 0.15) is 5.60 Å². The van der Waals surface area contributed by atoms with E-state index < -0.39 is 11.6 Å². The van der Waals surface area contributed by atoms with Gasteiger partial charge in [0.05, 0.1) is 41.0 Å². The highest BCUT2D eigenvalue weighted by molar-refractivity contribution is 6.08. The zero-order valence-electron chi connectivity index (χ0n) is 22.3. The van der Waals surface area contributed by atoms with Crippen molar-refractivity contribution in [1.82, 2.24) is 14.7 Å². The van der Waals surface area contributed by atoms with Gasteiger partial charge in [-0.3, -0.25) is 4.79 Å². The number of amides is 2. The first-order chi connectivity index (χ1) is 18.2. The molecule has 9 nitrogen and oxygen atoms in total. The molecule has 4 rings (SSSR count). The van der Waals surface area contributed by atoms with E-state index in [2.05, 4.69) is 10.4 Å². The second-order valence-electron chi connectivity index (χ2n) is 10.2. The van der Waals surface area contributed by atoms with Crippen molar-refractivity contribution in [3.05, 3.63) is 77.6 Å². The lowest BCUT2D eigenvalue weighted by Gasteiger charge is -2.34. The number of nitrogens with one attached hydrogen (secondary N) is 1. The predicted molar refractivity (Wildman–Crippen MR) is 144 cm³/mol. The molecule has 0 spiro atoms. The van der Waals surface area contributed by atoms with E-state index in [1.54, 1.807) is 47.0 Å². The summed E-state index contributed by atoms with van der Waals surface area (Å²) in [6.07, 6.45) is 2.53. The van der Waals surface area contributed by atoms with Crippen molar-refractivity contribution < 1.29 is 23.9 Å². The molecule has 9 heteroatoms. The number of para-hydroxylation sites is 2. The third kappa shape index (κ3) is 6.22. The number of likely N-dealkylation sites (tertiary alicyclic amines) is 1. The number of benzene rings is 2. The largest absolute Gasteiger partial charge is 0.462 e. The van der Waals surface area contributed by atoms with Crippen LogP contribution in [0, 0.1) is 0 Å². The average molecular weight is 519 g/mol. The summed E-state index contributed by atoms with van der Waals surface area (Å²) >= 11 is 0. The first-order valence-corrected chi connectivity index (χ1v) is 12.9. The molecule has 1 fully saturated rings. The average Bonchev–Trinajstić information content (AvgIpc) is 3.34. The molecule has 0 unspecified atom stereocenters. The molecule has 1 N–H and O–H groups in total. The van der Waals surface area contributed by atoms with Crippen LogP contribution in [0.2, 0.25) is 0 Å². The number of carbonyl (C=O) groups excluding carboxylic acids is 3. The number of nitrogens with zero attached hydrogens (tertiary/aromatic N) is 3. The lowest BCUT2D eigenvalue weighted by Crippen LogP contribution is -2.41. The van der Waals surface area contributed by atoms with Crippen LogP contribution in [-0.2, 0) is 9.47 Å². The van der Waals surface area contributed by atoms with Gasteiger partial charge in [0, 0.05) is 19.0 Å². The van der Waals surface area contributed by atoms with E-state index in [0.29, 0.717) is 37.2 Å². The van der Waals surface area contributed by atoms with Gasteiger partial charge in [-0.1, -0.05) is 30.3 Å². The van der Waals surface area contributed by atoms with E-state index in [1.165, 1.54) is 0 Å². The standard InChI is InChI=1S/C29H34N4O5/c1-5-37-27(35)22-13-9-10-14-24(22)31-26(34)23-19-30-33(21-11-7-6-8-12-21)25(23)20-15-17-32(18-16-20)28(36)38-29(2,3)4/h6-14,19-20H,5,15-18H2,1-4H3,(H,31,34). The van der Waals surface area contributed by atoms with Crippen LogP contribution in [0.15, 0.2) is 60.8 Å². The molecular weight excluding hydrogens is 484 g/mol. The van der Waals surface area contributed by atoms with Crippen LogP contribution in [-0.4, -0.2) is 57.9 Å². The highest BCUT2D eigenvalue weighted by Gasteiger charge is 2.32. The summed E-state index contributed by atoms with van der Waals surface area (Å²) in [7, 11) is 0. The van der Waals surface area contributed by atoms with Crippen LogP contribution in [0.25, 0.3) is 5.69 Å². The van der Waals surface area contributed by atoms with Crippen molar-refractivity contribution in [2.45, 2.75) is 52.1 Å². The summed E-state index contributed by atoms with van der Waals surface area (Å²) in [5.41, 5.74) is 2.11. The van der Waals surface area contributed by atoms with Crippen LogP contribution in [0.3, 0.4) is 0 Å². The van der Waals surface area contributed by atoms with E-state index in [9.17, 15) is 14.4 Å². The Bertz CT molecular complexity index is 1290. The van der Waals surface area contributed by atoms with Gasteiger partial charge < -0.3 is 19.7 Å². The minimum absolute atomic E-state index is 0.0163. The van der Waals surface area contributed by atoms with Crippen LogP contribution < -0.4 is 5.32 Å². The maximum atomic E-state index is 13.6. The highest BCUT2D eigenvalue weighted by Crippen LogP contribution is 2.33. The summed E-state index contributed by atoms with van der Waals surface area (Å²) in [6, 6.07) is 16.4. The zero-order chi connectivity index (χ0) is 27.3. The SMILES string of the molecule is CCOC(=O)c1ccccc1NC(=O)c1cnn(-c2ccccc2)c1C1CCN(C(=O)OC(C)(C)C)CC1. The summed E-state index contributed by atoms with van der Waals surface area (Å²) in [4.78, 5) is 40.3. The maximum absolute atomic E-state index is 13.6. The molecule has 200 valence electrons. The van der Waals surface area contributed by atoms with E-state index in [1.807, 2.05) is 51.1 Å². The lowest BCUT2D eigenvalue weighted by atomic mass is 9.90. The fourth-order valence-electron chi connectivity index (χ4n) is 4.53. The monoisotopic (exact) mass is 518 g/mol. The van der Waals surface area contributed by atoms with Crippen LogP contribution in [0.4, 0.5) is 10.5 Å². The molecule has 2 heterocycles. The van der Waals surface area contributed by atoms with E-state index >= 15 is 0 Å². The molecule has 3 aromatic rings. The maximum Gasteiger partial charge on any atom is 0.410 e. The Morgan fingerprint density at radius 1 is 0.974 bits per heavy atom. The number of rotatable bonds is 6. The molecule has 1 aliphatic heterocycles. The van der Waals surface area contributed by atoms with Gasteiger partial charge in [-0.2, -0.15) is 5.10 Å². The molecule has 0 atom stereocenters. The van der Waals surface area contributed by atoms with Gasteiger partial charge in [-0.15, -0.1) is 0 Å². The van der Waals surface area contributed by atoms with Crippen molar-refractivity contribution in [2.75, 3.05) is 25.0 Å². The normalized spacial score (nSPS) is 14.2. The first-order valence-electron chi connectivity index (χ1n) is 12.9. The molecule has 2 amide bonds. The molecule has 0 bridgehead atoms. The molecule has 1 aliphatic rings. The molecule has 2 aromatic carbocycles. The number of carbonyl (C=O) groups is 3. The van der Waals surface area contributed by atoms with Crippen molar-refractivity contribution >= 4 is 23.7 Å². The van der Waals surface area contributed by atoms with Crippen LogP contribution in [0.5, 0.6) is 0 Å². The minimum Gasteiger partial charge on any atom is -0.462 e. The molecule has 1 saturated heterocycles. The van der Waals surface area contributed by atoms with Gasteiger partial charge in [0.15, 0.2) is 0 Å². The number of hydrogen-bond donors (Lipinski definition) is 1. The van der Waals surface area contributed by atoms with Crippen molar-refractivity contribution in [3.8, 4) is 5.69 Å². The number of piperidine rings is 1. The Balaban J connectivity index is 1.62. The van der Waals surface area contributed by atoms with E-state index in [-0.39, 0.29) is 30.1 Å². The summed E-state index contributed by atoms with van der Waals surface area (Å²) in [5, 5.41) is 7.46. The van der Waals surface area contributed by atoms with Crippen molar-refractivity contribution in [2.24, 2.45) is 0 Å². The van der Waals surface area contributed by atoms with Gasteiger partial charge in [-0.25, -0.2) is 14.3 Å². The second-order valence-corrected chi connectivity index (χ2v) is 10.2. The Labute approximate surface area is 222 Å². The minimum atomic E-state index is -0.565. The topological polar surface area (TPSA) is 103 Å². The molecule has 0 saturated carbocycles. The fraction of sp³-hybridized carbons (Fsp3) is 0.379. The van der Waals surface area contributed by atoms with Crippen LogP contribution >= 0.6 is 0 Å². The molecule has 38 heavy (non-hydrogen) atoms. The molecular formula is C29H34N4O5. The van der Waals surface area contributed by atoms with Crippen LogP contribution in [0.1, 0.15) is 72.9 Å². The zero-order valence-corrected chi connectivity index (χ0v) is 22.3. The number of aromatic nitrogens is 2. The van der Waals surface area contributed by atoms with Gasteiger partial charge >= 0.3 is 12.1 Å². The highest BCUT2D eigenvalue weighted by atomic mass is 16.6. The Morgan fingerprint density at radius 2 is 1.63 bits per heavy atom. The van der Waals surface area contributed by atoms with Gasteiger partial charge in [-0.05, 0) is 64.8 Å². The summed E-state index contributed by atoms with van der Waals surface area (Å²) in [6.45, 7) is 8.52. The molecule has 0 radical (unpaired) electrons. The van der Waals surface area contributed by atoms with E-state index in [4.69, 9.17) is 9.47 Å². The quantitative estimate of drug-likeness (QED) is 0.438. The Morgan fingerprint density at radius 3 is 2.29 bits per heavy atom. The number of esters is 1. The lowest BCUT2D eigenvalue weighted by molar-refractivity contribution is 0.0203. The molecule has 1 aromatic heterocycles. The number of anilines is 1. The fourth-order valence-corrected chi connectivity index (χ4v) is 4.53. The number of ether oxygens (including phenoxy) is 2. The Hall–Kier alpha value is -4.14. The summed E-state index contributed by atoms with van der Waals surface area (Å²) < 4.78 is 12.5. The van der Waals surface area contributed by atoms with Gasteiger partial charge in [0.2, 0.25) is 0 Å². The van der Waals surface area contributed by atoms with Crippen molar-refractivity contribution in [1.29, 1.82) is 0 Å².